The van der Waals surface area contributed by atoms with Gasteiger partial charge in [-0.1, -0.05) is 34.8 Å². The lowest BCUT2D eigenvalue weighted by molar-refractivity contribution is 0.0303. The van der Waals surface area contributed by atoms with E-state index in [2.05, 4.69) is 10.1 Å². The van der Waals surface area contributed by atoms with Gasteiger partial charge in [-0.2, -0.15) is 5.10 Å². The maximum atomic E-state index is 12.9. The first-order valence-corrected chi connectivity index (χ1v) is 10.4. The number of hydrogen-bond donors (Lipinski definition) is 0. The normalized spacial score (nSPS) is 14.6. The molecule has 152 valence electrons. The number of aryl methyl sites for hydroxylation is 2. The molecule has 1 aliphatic heterocycles. The van der Waals surface area contributed by atoms with Crippen molar-refractivity contribution in [3.05, 3.63) is 61.5 Å². The highest BCUT2D eigenvalue weighted by atomic mass is 35.5. The number of rotatable bonds is 3. The van der Waals surface area contributed by atoms with Gasteiger partial charge in [-0.25, -0.2) is 9.50 Å². The topological polar surface area (TPSA) is 59.7 Å². The zero-order valence-electron chi connectivity index (χ0n) is 16.0. The predicted octanol–water partition coefficient (Wildman–Crippen LogP) is 4.37. The Hall–Kier alpha value is -1.86. The maximum Gasteiger partial charge on any atom is 0.255 e. The molecule has 0 N–H and O–H groups in total. The average molecular weight is 454 g/mol. The van der Waals surface area contributed by atoms with Crippen LogP contribution < -0.4 is 0 Å². The van der Waals surface area contributed by atoms with Gasteiger partial charge in [0.1, 0.15) is 0 Å². The molecule has 0 unspecified atom stereocenters. The lowest BCUT2D eigenvalue weighted by atomic mass is 10.0. The van der Waals surface area contributed by atoms with Crippen molar-refractivity contribution in [1.82, 2.24) is 19.5 Å². The SMILES string of the molecule is Cc1cc2nc(Cc3c(Cl)ccc(C(=O)N4CCOCC4)c3Cl)c(C)n2nc1Cl. The minimum Gasteiger partial charge on any atom is -0.378 e. The van der Waals surface area contributed by atoms with Crippen LogP contribution in [0, 0.1) is 13.8 Å². The minimum absolute atomic E-state index is 0.119. The molecule has 2 aromatic heterocycles. The second-order valence-corrected chi connectivity index (χ2v) is 8.14. The lowest BCUT2D eigenvalue weighted by Gasteiger charge is -2.27. The summed E-state index contributed by atoms with van der Waals surface area (Å²) in [5.74, 6) is -0.119. The summed E-state index contributed by atoms with van der Waals surface area (Å²) in [5, 5.41) is 5.65. The summed E-state index contributed by atoms with van der Waals surface area (Å²) in [6.07, 6.45) is 0.383. The number of carbonyl (C=O) groups excluding carboxylic acids is 1. The summed E-state index contributed by atoms with van der Waals surface area (Å²) in [6.45, 7) is 5.94. The first kappa shape index (κ1) is 20.4. The Morgan fingerprint density at radius 2 is 1.90 bits per heavy atom. The third kappa shape index (κ3) is 3.82. The summed E-state index contributed by atoms with van der Waals surface area (Å²) < 4.78 is 7.03. The summed E-state index contributed by atoms with van der Waals surface area (Å²) in [6, 6.07) is 5.27. The van der Waals surface area contributed by atoms with Crippen molar-refractivity contribution >= 4 is 46.4 Å². The molecule has 0 spiro atoms. The molecule has 0 atom stereocenters. The van der Waals surface area contributed by atoms with E-state index in [4.69, 9.17) is 39.5 Å². The number of imidazole rings is 1. The maximum absolute atomic E-state index is 12.9. The van der Waals surface area contributed by atoms with Crippen molar-refractivity contribution in [3.8, 4) is 0 Å². The van der Waals surface area contributed by atoms with E-state index in [-0.39, 0.29) is 5.91 Å². The first-order valence-electron chi connectivity index (χ1n) is 9.22. The number of ether oxygens (including phenoxy) is 1. The molecule has 6 nitrogen and oxygen atoms in total. The molecule has 0 radical (unpaired) electrons. The van der Waals surface area contributed by atoms with Gasteiger partial charge in [-0.3, -0.25) is 4.79 Å². The van der Waals surface area contributed by atoms with Crippen molar-refractivity contribution in [2.24, 2.45) is 0 Å². The molecule has 1 aliphatic rings. The van der Waals surface area contributed by atoms with Crippen LogP contribution in [-0.4, -0.2) is 51.7 Å². The monoisotopic (exact) mass is 452 g/mol. The number of nitrogens with zero attached hydrogens (tertiary/aromatic N) is 4. The summed E-state index contributed by atoms with van der Waals surface area (Å²) in [4.78, 5) is 19.3. The van der Waals surface area contributed by atoms with Gasteiger partial charge in [0, 0.05) is 24.5 Å². The Bertz CT molecular complexity index is 1110. The zero-order valence-corrected chi connectivity index (χ0v) is 18.3. The van der Waals surface area contributed by atoms with Gasteiger partial charge in [-0.05, 0) is 43.2 Å². The fourth-order valence-corrected chi connectivity index (χ4v) is 4.11. The second-order valence-electron chi connectivity index (χ2n) is 7.00. The predicted molar refractivity (Wildman–Crippen MR) is 113 cm³/mol. The summed E-state index contributed by atoms with van der Waals surface area (Å²) in [5.41, 5.74) is 4.28. The molecule has 9 heteroatoms. The number of benzene rings is 1. The highest BCUT2D eigenvalue weighted by Crippen LogP contribution is 2.32. The zero-order chi connectivity index (χ0) is 20.7. The molecule has 3 heterocycles. The third-order valence-electron chi connectivity index (χ3n) is 5.12. The van der Waals surface area contributed by atoms with Crippen molar-refractivity contribution < 1.29 is 9.53 Å². The van der Waals surface area contributed by atoms with Crippen LogP contribution in [0.4, 0.5) is 0 Å². The van der Waals surface area contributed by atoms with Crippen molar-refractivity contribution in [1.29, 1.82) is 0 Å². The van der Waals surface area contributed by atoms with E-state index in [1.807, 2.05) is 19.9 Å². The van der Waals surface area contributed by atoms with Crippen molar-refractivity contribution in [2.75, 3.05) is 26.3 Å². The summed E-state index contributed by atoms with van der Waals surface area (Å²) in [7, 11) is 0. The fourth-order valence-electron chi connectivity index (χ4n) is 3.40. The van der Waals surface area contributed by atoms with E-state index in [0.29, 0.717) is 64.7 Å². The number of aromatic nitrogens is 3. The van der Waals surface area contributed by atoms with Gasteiger partial charge in [0.15, 0.2) is 10.8 Å². The fraction of sp³-hybridized carbons (Fsp3) is 0.350. The van der Waals surface area contributed by atoms with Crippen LogP contribution in [-0.2, 0) is 11.2 Å². The quantitative estimate of drug-likeness (QED) is 0.591. The number of halogens is 3. The molecule has 3 aromatic rings. The van der Waals surface area contributed by atoms with E-state index < -0.39 is 0 Å². The molecule has 0 aliphatic carbocycles. The van der Waals surface area contributed by atoms with Gasteiger partial charge in [0.2, 0.25) is 0 Å². The van der Waals surface area contributed by atoms with Gasteiger partial charge in [0.25, 0.3) is 5.91 Å². The minimum atomic E-state index is -0.119. The number of morpholine rings is 1. The van der Waals surface area contributed by atoms with Crippen molar-refractivity contribution in [3.63, 3.8) is 0 Å². The van der Waals surface area contributed by atoms with Crippen LogP contribution in [0.25, 0.3) is 5.65 Å². The number of fused-ring (bicyclic) bond motifs is 1. The lowest BCUT2D eigenvalue weighted by Crippen LogP contribution is -2.40. The molecule has 29 heavy (non-hydrogen) atoms. The molecular formula is C20H19Cl3N4O2. The van der Waals surface area contributed by atoms with Crippen molar-refractivity contribution in [2.45, 2.75) is 20.3 Å². The Labute approximate surface area is 183 Å². The largest absolute Gasteiger partial charge is 0.378 e. The van der Waals surface area contributed by atoms with E-state index in [1.54, 1.807) is 21.5 Å². The molecule has 1 aromatic carbocycles. The molecule has 1 fully saturated rings. The highest BCUT2D eigenvalue weighted by molar-refractivity contribution is 6.38. The van der Waals surface area contributed by atoms with E-state index in [1.165, 1.54) is 0 Å². The number of carbonyl (C=O) groups is 1. The average Bonchev–Trinajstić information content (AvgIpc) is 3.00. The van der Waals surface area contributed by atoms with Gasteiger partial charge < -0.3 is 9.64 Å². The van der Waals surface area contributed by atoms with Crippen LogP contribution in [0.5, 0.6) is 0 Å². The van der Waals surface area contributed by atoms with E-state index in [0.717, 1.165) is 17.0 Å². The first-order chi connectivity index (χ1) is 13.9. The summed E-state index contributed by atoms with van der Waals surface area (Å²) >= 11 is 19.2. The third-order valence-corrected chi connectivity index (χ3v) is 6.28. The molecule has 1 amide bonds. The molecular weight excluding hydrogens is 435 g/mol. The number of amides is 1. The molecule has 1 saturated heterocycles. The Balaban J connectivity index is 1.71. The van der Waals surface area contributed by atoms with E-state index >= 15 is 0 Å². The van der Waals surface area contributed by atoms with Crippen LogP contribution >= 0.6 is 34.8 Å². The van der Waals surface area contributed by atoms with Crippen LogP contribution in [0.2, 0.25) is 15.2 Å². The van der Waals surface area contributed by atoms with Crippen LogP contribution in [0.15, 0.2) is 18.2 Å². The number of hydrogen-bond acceptors (Lipinski definition) is 4. The van der Waals surface area contributed by atoms with Crippen LogP contribution in [0.3, 0.4) is 0 Å². The van der Waals surface area contributed by atoms with Crippen LogP contribution in [0.1, 0.15) is 32.9 Å². The molecule has 0 saturated carbocycles. The second kappa shape index (κ2) is 8.11. The smallest absolute Gasteiger partial charge is 0.255 e. The Morgan fingerprint density at radius 3 is 2.62 bits per heavy atom. The Kier molecular flexibility index (Phi) is 5.71. The van der Waals surface area contributed by atoms with E-state index in [9.17, 15) is 4.79 Å². The van der Waals surface area contributed by atoms with Gasteiger partial charge in [0.05, 0.1) is 35.2 Å². The highest BCUT2D eigenvalue weighted by Gasteiger charge is 2.24. The molecule has 4 rings (SSSR count). The van der Waals surface area contributed by atoms with Gasteiger partial charge >= 0.3 is 0 Å². The Morgan fingerprint density at radius 1 is 1.17 bits per heavy atom. The standard InChI is InChI=1S/C20H19Cl3N4O2/c1-11-9-17-24-16(12(2)27(17)25-19(11)23)10-14-15(21)4-3-13(18(14)22)20(28)26-5-7-29-8-6-26/h3-4,9H,5-8,10H2,1-2H3. The van der Waals surface area contributed by atoms with Gasteiger partial charge in [-0.15, -0.1) is 0 Å². The molecule has 0 bridgehead atoms.